The van der Waals surface area contributed by atoms with Crippen molar-refractivity contribution in [2.45, 2.75) is 12.1 Å². The average Bonchev–Trinajstić information content (AvgIpc) is 2.62. The van der Waals surface area contributed by atoms with E-state index in [2.05, 4.69) is 9.28 Å². The van der Waals surface area contributed by atoms with Crippen molar-refractivity contribution < 1.29 is 30.5 Å². The molecule has 142 valence electrons. The van der Waals surface area contributed by atoms with Crippen molar-refractivity contribution in [2.75, 3.05) is 0 Å². The molecule has 0 aliphatic heterocycles. The van der Waals surface area contributed by atoms with Gasteiger partial charge in [0.15, 0.2) is 0 Å². The molecule has 0 bridgehead atoms. The summed E-state index contributed by atoms with van der Waals surface area (Å²) in [7, 11) is -5.98. The summed E-state index contributed by atoms with van der Waals surface area (Å²) in [6.07, 6.45) is 0. The van der Waals surface area contributed by atoms with Crippen LogP contribution in [0.5, 0.6) is 11.6 Å². The highest BCUT2D eigenvalue weighted by molar-refractivity contribution is 7.88. The average molecular weight is 400 g/mol. The highest BCUT2D eigenvalue weighted by Gasteiger charge is 2.49. The topological polar surface area (TPSA) is 98.4 Å². The summed E-state index contributed by atoms with van der Waals surface area (Å²) in [5.41, 5.74) is -5.65. The fraction of sp³-hybridized carbons (Fsp3) is 0.125. The summed E-state index contributed by atoms with van der Waals surface area (Å²) in [6, 6.07) is 12.9. The van der Waals surface area contributed by atoms with Gasteiger partial charge in [-0.15, -0.1) is 5.10 Å². The van der Waals surface area contributed by atoms with E-state index in [4.69, 9.17) is 4.74 Å². The van der Waals surface area contributed by atoms with E-state index in [0.717, 1.165) is 5.56 Å². The first kappa shape index (κ1) is 18.7. The number of nitrogens with one attached hydrogen (secondary N) is 1. The van der Waals surface area contributed by atoms with E-state index in [0.29, 0.717) is 0 Å². The van der Waals surface area contributed by atoms with Gasteiger partial charge in [-0.2, -0.15) is 21.6 Å². The van der Waals surface area contributed by atoms with Crippen LogP contribution in [0.25, 0.3) is 10.8 Å². The van der Waals surface area contributed by atoms with Crippen LogP contribution in [-0.4, -0.2) is 24.1 Å². The van der Waals surface area contributed by atoms with Gasteiger partial charge in [-0.3, -0.25) is 4.79 Å². The molecule has 0 aliphatic rings. The standard InChI is InChI=1S/C16H11F3N2O5S/c17-16(18,19)27(23,24)26-15-13-11(14(22)20-21-15)7-4-8-12(13)25-9-10-5-2-1-3-6-10/h1-8H,9H2,(H,20,22). The number of rotatable bonds is 5. The summed E-state index contributed by atoms with van der Waals surface area (Å²) in [4.78, 5) is 11.9. The molecule has 0 radical (unpaired) electrons. The van der Waals surface area contributed by atoms with Crippen LogP contribution < -0.4 is 14.5 Å². The van der Waals surface area contributed by atoms with E-state index in [-0.39, 0.29) is 23.1 Å². The molecule has 0 spiro atoms. The number of hydrogen-bond donors (Lipinski definition) is 1. The van der Waals surface area contributed by atoms with E-state index < -0.39 is 27.1 Å². The van der Waals surface area contributed by atoms with Crippen LogP contribution in [-0.2, 0) is 16.7 Å². The molecule has 7 nitrogen and oxygen atoms in total. The summed E-state index contributed by atoms with van der Waals surface area (Å²) in [6.45, 7) is 0.0260. The van der Waals surface area contributed by atoms with Crippen molar-refractivity contribution in [3.05, 3.63) is 64.4 Å². The SMILES string of the molecule is O=c1[nH]nc(OS(=O)(=O)C(F)(F)F)c2c(OCc3ccccc3)cccc12. The lowest BCUT2D eigenvalue weighted by atomic mass is 10.1. The number of alkyl halides is 3. The van der Waals surface area contributed by atoms with Crippen molar-refractivity contribution >= 4 is 20.9 Å². The Morgan fingerprint density at radius 3 is 2.41 bits per heavy atom. The van der Waals surface area contributed by atoms with Crippen LogP contribution in [0.2, 0.25) is 0 Å². The fourth-order valence-corrected chi connectivity index (χ4v) is 2.65. The maximum Gasteiger partial charge on any atom is 0.534 e. The van der Waals surface area contributed by atoms with E-state index in [1.807, 2.05) is 5.10 Å². The molecule has 11 heteroatoms. The smallest absolute Gasteiger partial charge is 0.488 e. The Bertz CT molecular complexity index is 1130. The van der Waals surface area contributed by atoms with Gasteiger partial charge in [-0.1, -0.05) is 36.4 Å². The van der Waals surface area contributed by atoms with Crippen molar-refractivity contribution in [2.24, 2.45) is 0 Å². The van der Waals surface area contributed by atoms with E-state index in [1.54, 1.807) is 30.3 Å². The van der Waals surface area contributed by atoms with E-state index in [1.165, 1.54) is 18.2 Å². The molecule has 0 saturated carbocycles. The quantitative estimate of drug-likeness (QED) is 0.522. The second kappa shape index (κ2) is 6.91. The largest absolute Gasteiger partial charge is 0.534 e. The number of fused-ring (bicyclic) bond motifs is 1. The third kappa shape index (κ3) is 3.87. The number of aromatic amines is 1. The fourth-order valence-electron chi connectivity index (χ4n) is 2.23. The zero-order valence-corrected chi connectivity index (χ0v) is 14.2. The Kier molecular flexibility index (Phi) is 4.79. The molecule has 0 amide bonds. The first-order valence-corrected chi connectivity index (χ1v) is 8.79. The lowest BCUT2D eigenvalue weighted by Crippen LogP contribution is -2.29. The normalized spacial score (nSPS) is 12.1. The summed E-state index contributed by atoms with van der Waals surface area (Å²) >= 11 is 0. The number of nitrogens with zero attached hydrogens (tertiary/aromatic N) is 1. The summed E-state index contributed by atoms with van der Waals surface area (Å²) in [5.74, 6) is -0.993. The molecule has 0 saturated heterocycles. The van der Waals surface area contributed by atoms with Crippen LogP contribution in [0, 0.1) is 0 Å². The Morgan fingerprint density at radius 2 is 1.74 bits per heavy atom. The number of hydrogen-bond acceptors (Lipinski definition) is 6. The van der Waals surface area contributed by atoms with Gasteiger partial charge < -0.3 is 8.92 Å². The van der Waals surface area contributed by atoms with Crippen molar-refractivity contribution in [3.63, 3.8) is 0 Å². The van der Waals surface area contributed by atoms with Gasteiger partial charge in [-0.05, 0) is 17.7 Å². The van der Waals surface area contributed by atoms with Gasteiger partial charge in [-0.25, -0.2) is 5.10 Å². The summed E-state index contributed by atoms with van der Waals surface area (Å²) < 4.78 is 70.2. The maximum atomic E-state index is 12.6. The molecular weight excluding hydrogens is 389 g/mol. The Balaban J connectivity index is 2.07. The lowest BCUT2D eigenvalue weighted by Gasteiger charge is -2.13. The third-order valence-electron chi connectivity index (χ3n) is 3.45. The molecule has 0 atom stereocenters. The molecule has 0 aliphatic carbocycles. The van der Waals surface area contributed by atoms with Gasteiger partial charge in [0, 0.05) is 0 Å². The summed E-state index contributed by atoms with van der Waals surface area (Å²) in [5, 5.41) is 4.78. The van der Waals surface area contributed by atoms with Crippen molar-refractivity contribution in [1.29, 1.82) is 0 Å². The maximum absolute atomic E-state index is 12.6. The van der Waals surface area contributed by atoms with Gasteiger partial charge in [0.1, 0.15) is 12.4 Å². The van der Waals surface area contributed by atoms with Crippen LogP contribution in [0.4, 0.5) is 13.2 Å². The molecule has 0 unspecified atom stereocenters. The number of aromatic nitrogens is 2. The highest BCUT2D eigenvalue weighted by atomic mass is 32.2. The zero-order valence-electron chi connectivity index (χ0n) is 13.4. The van der Waals surface area contributed by atoms with Gasteiger partial charge in [0.25, 0.3) is 11.4 Å². The van der Waals surface area contributed by atoms with Gasteiger partial charge in [0.2, 0.25) is 0 Å². The molecule has 0 fully saturated rings. The van der Waals surface area contributed by atoms with Crippen molar-refractivity contribution in [1.82, 2.24) is 10.2 Å². The third-order valence-corrected chi connectivity index (χ3v) is 4.40. The van der Waals surface area contributed by atoms with Crippen LogP contribution in [0.15, 0.2) is 53.3 Å². The number of benzene rings is 2. The van der Waals surface area contributed by atoms with Gasteiger partial charge >= 0.3 is 15.6 Å². The minimum absolute atomic E-state index is 0.0260. The Hall–Kier alpha value is -3.08. The zero-order chi connectivity index (χ0) is 19.7. The molecule has 27 heavy (non-hydrogen) atoms. The minimum atomic E-state index is -5.98. The predicted octanol–water partition coefficient (Wildman–Crippen LogP) is 2.73. The predicted molar refractivity (Wildman–Crippen MR) is 88.7 cm³/mol. The van der Waals surface area contributed by atoms with Gasteiger partial charge in [0.05, 0.1) is 10.8 Å². The first-order valence-electron chi connectivity index (χ1n) is 7.38. The number of ether oxygens (including phenoxy) is 1. The molecule has 1 aromatic heterocycles. The van der Waals surface area contributed by atoms with E-state index >= 15 is 0 Å². The molecule has 3 aromatic rings. The molecule has 2 aromatic carbocycles. The highest BCUT2D eigenvalue weighted by Crippen LogP contribution is 2.34. The van der Waals surface area contributed by atoms with Crippen LogP contribution in [0.1, 0.15) is 5.56 Å². The monoisotopic (exact) mass is 400 g/mol. The van der Waals surface area contributed by atoms with E-state index in [9.17, 15) is 26.4 Å². The second-order valence-electron chi connectivity index (χ2n) is 5.29. The lowest BCUT2D eigenvalue weighted by molar-refractivity contribution is -0.0501. The molecule has 1 heterocycles. The number of halogens is 3. The second-order valence-corrected chi connectivity index (χ2v) is 6.83. The first-order chi connectivity index (χ1) is 12.7. The van der Waals surface area contributed by atoms with Crippen LogP contribution in [0.3, 0.4) is 0 Å². The minimum Gasteiger partial charge on any atom is -0.488 e. The molecule has 1 N–H and O–H groups in total. The van der Waals surface area contributed by atoms with Crippen LogP contribution >= 0.6 is 0 Å². The Labute approximate surface area is 150 Å². The van der Waals surface area contributed by atoms with Crippen molar-refractivity contribution in [3.8, 4) is 11.6 Å². The molecule has 3 rings (SSSR count). The Morgan fingerprint density at radius 1 is 1.04 bits per heavy atom. The molecular formula is C16H11F3N2O5S. The number of H-pyrrole nitrogens is 1.